The molecule has 0 radical (unpaired) electrons. The van der Waals surface area contributed by atoms with Gasteiger partial charge in [-0.2, -0.15) is 9.29 Å². The molecule has 0 spiro atoms. The molecule has 2 aromatic rings. The third kappa shape index (κ3) is 3.23. The fourth-order valence-corrected chi connectivity index (χ4v) is 4.55. The summed E-state index contributed by atoms with van der Waals surface area (Å²) in [5, 5.41) is 3.98. The molecule has 3 rings (SSSR count). The predicted molar refractivity (Wildman–Crippen MR) is 90.0 cm³/mol. The van der Waals surface area contributed by atoms with Gasteiger partial charge in [0, 0.05) is 12.5 Å². The van der Waals surface area contributed by atoms with Crippen molar-refractivity contribution in [2.45, 2.75) is 56.9 Å². The van der Waals surface area contributed by atoms with E-state index in [0.29, 0.717) is 29.6 Å². The molecule has 7 heteroatoms. The van der Waals surface area contributed by atoms with Crippen LogP contribution in [0.2, 0.25) is 0 Å². The van der Waals surface area contributed by atoms with E-state index in [-0.39, 0.29) is 12.0 Å². The summed E-state index contributed by atoms with van der Waals surface area (Å²) in [6.07, 6.45) is 2.49. The van der Waals surface area contributed by atoms with Gasteiger partial charge in [0.05, 0.1) is 4.90 Å². The van der Waals surface area contributed by atoms with Gasteiger partial charge in [0.1, 0.15) is 6.04 Å². The quantitative estimate of drug-likeness (QED) is 0.845. The van der Waals surface area contributed by atoms with E-state index in [1.807, 2.05) is 32.9 Å². The van der Waals surface area contributed by atoms with Gasteiger partial charge in [-0.3, -0.25) is 0 Å². The lowest BCUT2D eigenvalue weighted by atomic mass is 10.1. The van der Waals surface area contributed by atoms with Gasteiger partial charge < -0.3 is 4.52 Å². The van der Waals surface area contributed by atoms with Crippen molar-refractivity contribution in [1.29, 1.82) is 0 Å². The molecule has 1 aromatic heterocycles. The van der Waals surface area contributed by atoms with E-state index < -0.39 is 10.0 Å². The van der Waals surface area contributed by atoms with Crippen LogP contribution in [0, 0.1) is 6.92 Å². The zero-order chi connectivity index (χ0) is 17.3. The Kier molecular flexibility index (Phi) is 4.73. The Hall–Kier alpha value is -1.73. The van der Waals surface area contributed by atoms with Crippen LogP contribution in [0.25, 0.3) is 0 Å². The maximum Gasteiger partial charge on any atom is 0.245 e. The second-order valence-corrected chi connectivity index (χ2v) is 8.48. The Bertz CT molecular complexity index is 797. The summed E-state index contributed by atoms with van der Waals surface area (Å²) >= 11 is 0. The largest absolute Gasteiger partial charge is 0.338 e. The van der Waals surface area contributed by atoms with Gasteiger partial charge in [-0.15, -0.1) is 0 Å². The van der Waals surface area contributed by atoms with Crippen LogP contribution >= 0.6 is 0 Å². The van der Waals surface area contributed by atoms with Crippen LogP contribution < -0.4 is 0 Å². The van der Waals surface area contributed by atoms with E-state index in [0.717, 1.165) is 18.4 Å². The molecule has 130 valence electrons. The van der Waals surface area contributed by atoms with Crippen molar-refractivity contribution in [3.05, 3.63) is 41.5 Å². The molecule has 0 aliphatic carbocycles. The van der Waals surface area contributed by atoms with Crippen LogP contribution in [0.3, 0.4) is 0 Å². The summed E-state index contributed by atoms with van der Waals surface area (Å²) in [5.74, 6) is 1.16. The van der Waals surface area contributed by atoms with Crippen molar-refractivity contribution in [2.75, 3.05) is 6.54 Å². The minimum Gasteiger partial charge on any atom is -0.338 e. The molecule has 1 aromatic carbocycles. The van der Waals surface area contributed by atoms with Crippen LogP contribution in [0.4, 0.5) is 0 Å². The van der Waals surface area contributed by atoms with Gasteiger partial charge in [-0.25, -0.2) is 8.42 Å². The van der Waals surface area contributed by atoms with Crippen LogP contribution in [0.15, 0.2) is 33.7 Å². The van der Waals surface area contributed by atoms with Crippen molar-refractivity contribution < 1.29 is 12.9 Å². The Labute approximate surface area is 142 Å². The van der Waals surface area contributed by atoms with Crippen LogP contribution in [0.5, 0.6) is 0 Å². The summed E-state index contributed by atoms with van der Waals surface area (Å²) in [5.41, 5.74) is 1.03. The number of piperidine rings is 1. The molecule has 0 amide bonds. The average molecular weight is 349 g/mol. The van der Waals surface area contributed by atoms with E-state index in [2.05, 4.69) is 10.1 Å². The Balaban J connectivity index is 1.95. The molecule has 0 saturated carbocycles. The maximum atomic E-state index is 13.1. The van der Waals surface area contributed by atoms with Crippen LogP contribution in [-0.2, 0) is 10.0 Å². The SMILES string of the molecule is Cc1ccc(S(=O)(=O)N2CCCC[C@@H]2c2nc(C(C)C)no2)cc1. The lowest BCUT2D eigenvalue weighted by molar-refractivity contribution is 0.204. The minimum absolute atomic E-state index is 0.147. The monoisotopic (exact) mass is 349 g/mol. The topological polar surface area (TPSA) is 76.3 Å². The summed E-state index contributed by atoms with van der Waals surface area (Å²) in [7, 11) is -3.58. The standard InChI is InChI=1S/C17H23N3O3S/c1-12(2)16-18-17(23-19-16)15-6-4-5-11-20(15)24(21,22)14-9-7-13(3)8-10-14/h7-10,12,15H,4-6,11H2,1-3H3/t15-/m1/s1. The Morgan fingerprint density at radius 3 is 2.54 bits per heavy atom. The van der Waals surface area contributed by atoms with Crippen molar-refractivity contribution in [3.8, 4) is 0 Å². The van der Waals surface area contributed by atoms with Gasteiger partial charge in [0.2, 0.25) is 15.9 Å². The van der Waals surface area contributed by atoms with E-state index in [9.17, 15) is 8.42 Å². The molecule has 1 saturated heterocycles. The highest BCUT2D eigenvalue weighted by Crippen LogP contribution is 2.35. The molecule has 2 heterocycles. The van der Waals surface area contributed by atoms with Gasteiger partial charge in [0.15, 0.2) is 5.82 Å². The van der Waals surface area contributed by atoms with E-state index in [1.54, 1.807) is 12.1 Å². The Morgan fingerprint density at radius 2 is 1.92 bits per heavy atom. The smallest absolute Gasteiger partial charge is 0.245 e. The molecular formula is C17H23N3O3S. The lowest BCUT2D eigenvalue weighted by Crippen LogP contribution is -2.38. The van der Waals surface area contributed by atoms with Gasteiger partial charge in [-0.1, -0.05) is 43.1 Å². The molecule has 24 heavy (non-hydrogen) atoms. The first-order valence-electron chi connectivity index (χ1n) is 8.31. The van der Waals surface area contributed by atoms with Crippen LogP contribution in [0.1, 0.15) is 62.3 Å². The highest BCUT2D eigenvalue weighted by atomic mass is 32.2. The molecule has 6 nitrogen and oxygen atoms in total. The predicted octanol–water partition coefficient (Wildman–Crippen LogP) is 3.42. The second-order valence-electron chi connectivity index (χ2n) is 6.59. The zero-order valence-corrected chi connectivity index (χ0v) is 15.1. The van der Waals surface area contributed by atoms with E-state index >= 15 is 0 Å². The van der Waals surface area contributed by atoms with Gasteiger partial charge in [0.25, 0.3) is 0 Å². The zero-order valence-electron chi connectivity index (χ0n) is 14.3. The van der Waals surface area contributed by atoms with Crippen molar-refractivity contribution in [1.82, 2.24) is 14.4 Å². The first-order chi connectivity index (χ1) is 11.4. The highest BCUT2D eigenvalue weighted by Gasteiger charge is 2.37. The highest BCUT2D eigenvalue weighted by molar-refractivity contribution is 7.89. The number of rotatable bonds is 4. The fourth-order valence-electron chi connectivity index (χ4n) is 2.90. The van der Waals surface area contributed by atoms with Crippen molar-refractivity contribution in [2.24, 2.45) is 0 Å². The number of sulfonamides is 1. The minimum atomic E-state index is -3.58. The van der Waals surface area contributed by atoms with Crippen molar-refractivity contribution >= 4 is 10.0 Å². The van der Waals surface area contributed by atoms with E-state index in [1.165, 1.54) is 4.31 Å². The number of aromatic nitrogens is 2. The average Bonchev–Trinajstić information content (AvgIpc) is 3.05. The van der Waals surface area contributed by atoms with Crippen molar-refractivity contribution in [3.63, 3.8) is 0 Å². The first-order valence-corrected chi connectivity index (χ1v) is 9.75. The molecular weight excluding hydrogens is 326 g/mol. The molecule has 0 N–H and O–H groups in total. The number of hydrogen-bond donors (Lipinski definition) is 0. The van der Waals surface area contributed by atoms with Gasteiger partial charge in [-0.05, 0) is 31.9 Å². The summed E-state index contributed by atoms with van der Waals surface area (Å²) in [6, 6.07) is 6.56. The fraction of sp³-hybridized carbons (Fsp3) is 0.529. The molecule has 0 bridgehead atoms. The number of benzene rings is 1. The summed E-state index contributed by atoms with van der Waals surface area (Å²) < 4.78 is 33.0. The molecule has 1 fully saturated rings. The molecule has 0 unspecified atom stereocenters. The second kappa shape index (κ2) is 6.64. The molecule has 1 atom stereocenters. The third-order valence-corrected chi connectivity index (χ3v) is 6.26. The maximum absolute atomic E-state index is 13.1. The third-order valence-electron chi connectivity index (χ3n) is 4.34. The van der Waals surface area contributed by atoms with Crippen LogP contribution in [-0.4, -0.2) is 29.4 Å². The Morgan fingerprint density at radius 1 is 1.21 bits per heavy atom. The van der Waals surface area contributed by atoms with Gasteiger partial charge >= 0.3 is 0 Å². The van der Waals surface area contributed by atoms with E-state index in [4.69, 9.17) is 4.52 Å². The normalized spacial score (nSPS) is 19.8. The summed E-state index contributed by atoms with van der Waals surface area (Å²) in [4.78, 5) is 4.73. The summed E-state index contributed by atoms with van der Waals surface area (Å²) in [6.45, 7) is 6.37. The molecule has 1 aliphatic heterocycles. The lowest BCUT2D eigenvalue weighted by Gasteiger charge is -2.32. The molecule has 1 aliphatic rings. The number of nitrogens with zero attached hydrogens (tertiary/aromatic N) is 3. The number of hydrogen-bond acceptors (Lipinski definition) is 5. The number of aryl methyl sites for hydroxylation is 1. The first kappa shape index (κ1) is 17.1.